The molecule has 0 fully saturated rings. The Bertz CT molecular complexity index is 521. The summed E-state index contributed by atoms with van der Waals surface area (Å²) in [6.07, 6.45) is 3.48. The number of aryl methyl sites for hydroxylation is 2. The van der Waals surface area contributed by atoms with Gasteiger partial charge >= 0.3 is 0 Å². The van der Waals surface area contributed by atoms with Crippen LogP contribution < -0.4 is 5.32 Å². The second kappa shape index (κ2) is 5.59. The Morgan fingerprint density at radius 1 is 1.06 bits per heavy atom. The SMILES string of the molecule is Cc1ccc(C(C)NC(C)c2nccnc2C)s1. The van der Waals surface area contributed by atoms with Crippen molar-refractivity contribution in [3.8, 4) is 0 Å². The summed E-state index contributed by atoms with van der Waals surface area (Å²) in [6, 6.07) is 4.89. The Kier molecular flexibility index (Phi) is 4.09. The van der Waals surface area contributed by atoms with E-state index in [0.717, 1.165) is 11.4 Å². The standard InChI is InChI=1S/C14H19N3S/c1-9-5-6-13(18-9)10(2)17-12(4)14-11(3)15-7-8-16-14/h5-8,10,12,17H,1-4H3. The van der Waals surface area contributed by atoms with Crippen molar-refractivity contribution < 1.29 is 0 Å². The van der Waals surface area contributed by atoms with Crippen molar-refractivity contribution in [1.29, 1.82) is 0 Å². The maximum atomic E-state index is 4.41. The minimum atomic E-state index is 0.205. The van der Waals surface area contributed by atoms with E-state index in [9.17, 15) is 0 Å². The fraction of sp³-hybridized carbons (Fsp3) is 0.429. The first-order valence-electron chi connectivity index (χ1n) is 6.18. The topological polar surface area (TPSA) is 37.8 Å². The highest BCUT2D eigenvalue weighted by Gasteiger charge is 2.15. The Labute approximate surface area is 112 Å². The predicted molar refractivity (Wildman–Crippen MR) is 75.8 cm³/mol. The molecule has 0 saturated carbocycles. The summed E-state index contributed by atoms with van der Waals surface area (Å²) >= 11 is 1.84. The molecule has 2 heterocycles. The van der Waals surface area contributed by atoms with Crippen molar-refractivity contribution in [3.05, 3.63) is 45.7 Å². The molecule has 0 radical (unpaired) electrons. The van der Waals surface area contributed by atoms with Gasteiger partial charge in [-0.2, -0.15) is 0 Å². The van der Waals surface area contributed by atoms with Crippen LogP contribution in [-0.4, -0.2) is 9.97 Å². The van der Waals surface area contributed by atoms with Gasteiger partial charge < -0.3 is 5.32 Å². The zero-order valence-electron chi connectivity index (χ0n) is 11.3. The Morgan fingerprint density at radius 3 is 2.39 bits per heavy atom. The van der Waals surface area contributed by atoms with Crippen LogP contribution in [0.15, 0.2) is 24.5 Å². The molecular formula is C14H19N3S. The third kappa shape index (κ3) is 2.94. The van der Waals surface area contributed by atoms with Crippen molar-refractivity contribution in [2.24, 2.45) is 0 Å². The Hall–Kier alpha value is -1.26. The molecule has 2 unspecified atom stereocenters. The summed E-state index contributed by atoms with van der Waals surface area (Å²) in [6.45, 7) is 8.46. The van der Waals surface area contributed by atoms with Crippen LogP contribution >= 0.6 is 11.3 Å². The second-order valence-corrected chi connectivity index (χ2v) is 5.90. The first kappa shape index (κ1) is 13.2. The predicted octanol–water partition coefficient (Wildman–Crippen LogP) is 3.57. The molecular weight excluding hydrogens is 242 g/mol. The molecule has 0 amide bonds. The molecule has 0 saturated heterocycles. The minimum Gasteiger partial charge on any atom is -0.301 e. The molecule has 2 aromatic rings. The molecule has 4 heteroatoms. The lowest BCUT2D eigenvalue weighted by atomic mass is 10.1. The van der Waals surface area contributed by atoms with E-state index in [1.165, 1.54) is 9.75 Å². The van der Waals surface area contributed by atoms with Crippen LogP contribution in [0, 0.1) is 13.8 Å². The number of nitrogens with zero attached hydrogens (tertiary/aromatic N) is 2. The normalized spacial score (nSPS) is 14.4. The molecule has 3 nitrogen and oxygen atoms in total. The third-order valence-electron chi connectivity index (χ3n) is 3.02. The van der Waals surface area contributed by atoms with E-state index in [2.05, 4.69) is 48.2 Å². The fourth-order valence-electron chi connectivity index (χ4n) is 2.07. The van der Waals surface area contributed by atoms with Crippen molar-refractivity contribution in [3.63, 3.8) is 0 Å². The third-order valence-corrected chi connectivity index (χ3v) is 4.20. The van der Waals surface area contributed by atoms with Gasteiger partial charge in [-0.1, -0.05) is 0 Å². The van der Waals surface area contributed by atoms with E-state index in [-0.39, 0.29) is 6.04 Å². The molecule has 0 aliphatic rings. The van der Waals surface area contributed by atoms with Gasteiger partial charge in [0.1, 0.15) is 0 Å². The average molecular weight is 261 g/mol. The van der Waals surface area contributed by atoms with Gasteiger partial charge in [-0.05, 0) is 39.8 Å². The zero-order chi connectivity index (χ0) is 13.1. The molecule has 0 bridgehead atoms. The van der Waals surface area contributed by atoms with Crippen LogP contribution in [0.25, 0.3) is 0 Å². The van der Waals surface area contributed by atoms with Gasteiger partial charge in [0.15, 0.2) is 0 Å². The highest BCUT2D eigenvalue weighted by Crippen LogP contribution is 2.25. The van der Waals surface area contributed by atoms with E-state index >= 15 is 0 Å². The molecule has 96 valence electrons. The number of aromatic nitrogens is 2. The Morgan fingerprint density at radius 2 is 1.78 bits per heavy atom. The van der Waals surface area contributed by atoms with E-state index in [4.69, 9.17) is 0 Å². The van der Waals surface area contributed by atoms with Gasteiger partial charge in [0, 0.05) is 34.2 Å². The number of rotatable bonds is 4. The number of nitrogens with one attached hydrogen (secondary N) is 1. The van der Waals surface area contributed by atoms with Crippen LogP contribution in [0.2, 0.25) is 0 Å². The molecule has 0 aromatic carbocycles. The molecule has 2 rings (SSSR count). The molecule has 0 aliphatic carbocycles. The van der Waals surface area contributed by atoms with Crippen LogP contribution in [-0.2, 0) is 0 Å². The lowest BCUT2D eigenvalue weighted by molar-refractivity contribution is 0.488. The maximum absolute atomic E-state index is 4.41. The summed E-state index contributed by atoms with van der Waals surface area (Å²) in [5.41, 5.74) is 2.02. The highest BCUT2D eigenvalue weighted by atomic mass is 32.1. The van der Waals surface area contributed by atoms with Crippen LogP contribution in [0.1, 0.15) is 47.1 Å². The van der Waals surface area contributed by atoms with Crippen LogP contribution in [0.4, 0.5) is 0 Å². The van der Waals surface area contributed by atoms with Gasteiger partial charge in [-0.3, -0.25) is 9.97 Å². The lowest BCUT2D eigenvalue weighted by Crippen LogP contribution is -2.23. The lowest BCUT2D eigenvalue weighted by Gasteiger charge is -2.19. The van der Waals surface area contributed by atoms with Gasteiger partial charge in [0.05, 0.1) is 11.4 Å². The molecule has 18 heavy (non-hydrogen) atoms. The molecule has 2 atom stereocenters. The summed E-state index contributed by atoms with van der Waals surface area (Å²) in [7, 11) is 0. The summed E-state index contributed by atoms with van der Waals surface area (Å²) in [5, 5.41) is 3.57. The highest BCUT2D eigenvalue weighted by molar-refractivity contribution is 7.12. The second-order valence-electron chi connectivity index (χ2n) is 4.59. The number of hydrogen-bond donors (Lipinski definition) is 1. The largest absolute Gasteiger partial charge is 0.301 e. The van der Waals surface area contributed by atoms with Crippen molar-refractivity contribution in [2.75, 3.05) is 0 Å². The summed E-state index contributed by atoms with van der Waals surface area (Å²) in [4.78, 5) is 11.4. The molecule has 0 aliphatic heterocycles. The van der Waals surface area contributed by atoms with Crippen molar-refractivity contribution in [2.45, 2.75) is 39.8 Å². The number of thiophene rings is 1. The van der Waals surface area contributed by atoms with Crippen molar-refractivity contribution in [1.82, 2.24) is 15.3 Å². The van der Waals surface area contributed by atoms with Gasteiger partial charge in [-0.25, -0.2) is 0 Å². The fourth-order valence-corrected chi connectivity index (χ4v) is 2.95. The Balaban J connectivity index is 2.08. The monoisotopic (exact) mass is 261 g/mol. The molecule has 2 aromatic heterocycles. The summed E-state index contributed by atoms with van der Waals surface area (Å²) in [5.74, 6) is 0. The van der Waals surface area contributed by atoms with Gasteiger partial charge in [0.25, 0.3) is 0 Å². The van der Waals surface area contributed by atoms with Gasteiger partial charge in [-0.15, -0.1) is 11.3 Å². The van der Waals surface area contributed by atoms with Crippen LogP contribution in [0.5, 0.6) is 0 Å². The first-order chi connectivity index (χ1) is 8.58. The quantitative estimate of drug-likeness (QED) is 0.914. The van der Waals surface area contributed by atoms with Crippen molar-refractivity contribution >= 4 is 11.3 Å². The van der Waals surface area contributed by atoms with Crippen LogP contribution in [0.3, 0.4) is 0 Å². The summed E-state index contributed by atoms with van der Waals surface area (Å²) < 4.78 is 0. The molecule has 1 N–H and O–H groups in total. The average Bonchev–Trinajstić information content (AvgIpc) is 2.76. The van der Waals surface area contributed by atoms with E-state index in [1.807, 2.05) is 18.3 Å². The first-order valence-corrected chi connectivity index (χ1v) is 6.99. The van der Waals surface area contributed by atoms with E-state index in [1.54, 1.807) is 12.4 Å². The molecule has 0 spiro atoms. The zero-order valence-corrected chi connectivity index (χ0v) is 12.1. The van der Waals surface area contributed by atoms with E-state index in [0.29, 0.717) is 6.04 Å². The van der Waals surface area contributed by atoms with Gasteiger partial charge in [0.2, 0.25) is 0 Å². The number of hydrogen-bond acceptors (Lipinski definition) is 4. The van der Waals surface area contributed by atoms with E-state index < -0.39 is 0 Å². The maximum Gasteiger partial charge on any atom is 0.0782 e. The smallest absolute Gasteiger partial charge is 0.0782 e. The minimum absolute atomic E-state index is 0.205.